The lowest BCUT2D eigenvalue weighted by Crippen LogP contribution is -2.46. The van der Waals surface area contributed by atoms with Crippen molar-refractivity contribution in [2.75, 3.05) is 5.73 Å². The molecule has 0 aliphatic carbocycles. The zero-order valence-corrected chi connectivity index (χ0v) is 12.0. The number of carbonyl (C=O) groups is 2. The molecule has 0 heterocycles. The number of benzene rings is 1. The second-order valence-electron chi connectivity index (χ2n) is 5.53. The molecule has 5 nitrogen and oxygen atoms in total. The largest absolute Gasteiger partial charge is 0.449 e. The van der Waals surface area contributed by atoms with E-state index in [-0.39, 0.29) is 11.3 Å². The van der Waals surface area contributed by atoms with E-state index in [2.05, 4.69) is 5.32 Å². The van der Waals surface area contributed by atoms with Crippen LogP contribution in [0.15, 0.2) is 18.2 Å². The van der Waals surface area contributed by atoms with Gasteiger partial charge in [0.25, 0.3) is 5.91 Å². The highest BCUT2D eigenvalue weighted by Gasteiger charge is 2.24. The number of hydrogen-bond donors (Lipinski definition) is 2. The Labute approximate surface area is 117 Å². The molecule has 110 valence electrons. The fraction of sp³-hybridized carbons (Fsp3) is 0.429. The maximum absolute atomic E-state index is 13.5. The normalized spacial score (nSPS) is 12.7. The van der Waals surface area contributed by atoms with E-state index in [0.717, 1.165) is 6.07 Å². The minimum atomic E-state index is -1.03. The number of ether oxygens (including phenoxy) is 1. The zero-order valence-electron chi connectivity index (χ0n) is 12.0. The Morgan fingerprint density at radius 3 is 2.50 bits per heavy atom. The van der Waals surface area contributed by atoms with Crippen molar-refractivity contribution >= 4 is 17.6 Å². The molecule has 0 bridgehead atoms. The first-order valence-corrected chi connectivity index (χ1v) is 6.18. The van der Waals surface area contributed by atoms with Crippen LogP contribution in [0.25, 0.3) is 0 Å². The molecule has 1 unspecified atom stereocenters. The number of esters is 1. The SMILES string of the molecule is CC(OC(=O)c1cc(N)ccc1F)C(=O)NC(C)(C)C. The van der Waals surface area contributed by atoms with Gasteiger partial charge in [0, 0.05) is 11.2 Å². The van der Waals surface area contributed by atoms with Gasteiger partial charge in [0.2, 0.25) is 0 Å². The van der Waals surface area contributed by atoms with Crippen LogP contribution in [0.5, 0.6) is 0 Å². The lowest BCUT2D eigenvalue weighted by Gasteiger charge is -2.23. The van der Waals surface area contributed by atoms with Gasteiger partial charge in [0.1, 0.15) is 5.82 Å². The van der Waals surface area contributed by atoms with Crippen molar-refractivity contribution in [1.29, 1.82) is 0 Å². The van der Waals surface area contributed by atoms with E-state index < -0.39 is 29.3 Å². The van der Waals surface area contributed by atoms with Gasteiger partial charge < -0.3 is 15.8 Å². The van der Waals surface area contributed by atoms with E-state index in [1.54, 1.807) is 20.8 Å². The van der Waals surface area contributed by atoms with Crippen LogP contribution in [0.4, 0.5) is 10.1 Å². The smallest absolute Gasteiger partial charge is 0.341 e. The van der Waals surface area contributed by atoms with Crippen LogP contribution in [0.3, 0.4) is 0 Å². The number of hydrogen-bond acceptors (Lipinski definition) is 4. The predicted molar refractivity (Wildman–Crippen MR) is 73.6 cm³/mol. The summed E-state index contributed by atoms with van der Waals surface area (Å²) < 4.78 is 18.4. The topological polar surface area (TPSA) is 81.4 Å². The summed E-state index contributed by atoms with van der Waals surface area (Å²) in [5, 5.41) is 2.67. The van der Waals surface area contributed by atoms with Gasteiger partial charge in [-0.25, -0.2) is 9.18 Å². The maximum Gasteiger partial charge on any atom is 0.341 e. The summed E-state index contributed by atoms with van der Waals surface area (Å²) in [7, 11) is 0. The van der Waals surface area contributed by atoms with Gasteiger partial charge in [-0.15, -0.1) is 0 Å². The number of carbonyl (C=O) groups excluding carboxylic acids is 2. The molecule has 0 aromatic heterocycles. The average Bonchev–Trinajstić information content (AvgIpc) is 2.29. The van der Waals surface area contributed by atoms with Gasteiger partial charge in [0.15, 0.2) is 6.10 Å². The Bertz CT molecular complexity index is 524. The second kappa shape index (κ2) is 5.90. The molecule has 1 aromatic rings. The minimum absolute atomic E-state index is 0.241. The molecule has 1 aromatic carbocycles. The summed E-state index contributed by atoms with van der Waals surface area (Å²) >= 11 is 0. The number of anilines is 1. The van der Waals surface area contributed by atoms with Crippen LogP contribution < -0.4 is 11.1 Å². The first-order chi connectivity index (χ1) is 9.10. The highest BCUT2D eigenvalue weighted by molar-refractivity contribution is 5.93. The van der Waals surface area contributed by atoms with E-state index in [4.69, 9.17) is 10.5 Å². The zero-order chi connectivity index (χ0) is 15.5. The lowest BCUT2D eigenvalue weighted by molar-refractivity contribution is -0.130. The van der Waals surface area contributed by atoms with Crippen LogP contribution in [-0.4, -0.2) is 23.5 Å². The molecule has 0 saturated heterocycles. The number of halogens is 1. The van der Waals surface area contributed by atoms with E-state index in [1.807, 2.05) is 0 Å². The van der Waals surface area contributed by atoms with Gasteiger partial charge in [-0.1, -0.05) is 0 Å². The third-order valence-electron chi connectivity index (χ3n) is 2.36. The van der Waals surface area contributed by atoms with Gasteiger partial charge in [-0.3, -0.25) is 4.79 Å². The quantitative estimate of drug-likeness (QED) is 0.655. The fourth-order valence-electron chi connectivity index (χ4n) is 1.45. The van der Waals surface area contributed by atoms with E-state index in [1.165, 1.54) is 19.1 Å². The van der Waals surface area contributed by atoms with Crippen LogP contribution in [0, 0.1) is 5.82 Å². The van der Waals surface area contributed by atoms with Crippen molar-refractivity contribution in [2.45, 2.75) is 39.3 Å². The summed E-state index contributed by atoms with van der Waals surface area (Å²) in [6, 6.07) is 3.58. The molecule has 1 atom stereocenters. The molecule has 0 aliphatic heterocycles. The average molecular weight is 282 g/mol. The monoisotopic (exact) mass is 282 g/mol. The highest BCUT2D eigenvalue weighted by atomic mass is 19.1. The summed E-state index contributed by atoms with van der Waals surface area (Å²) in [5.74, 6) is -2.12. The van der Waals surface area contributed by atoms with E-state index >= 15 is 0 Å². The Kier molecular flexibility index (Phi) is 4.70. The number of nitrogens with two attached hydrogens (primary N) is 1. The Hall–Kier alpha value is -2.11. The Morgan fingerprint density at radius 1 is 1.35 bits per heavy atom. The molecular formula is C14H19FN2O3. The minimum Gasteiger partial charge on any atom is -0.449 e. The molecule has 6 heteroatoms. The Morgan fingerprint density at radius 2 is 1.95 bits per heavy atom. The molecule has 20 heavy (non-hydrogen) atoms. The highest BCUT2D eigenvalue weighted by Crippen LogP contribution is 2.14. The molecule has 0 saturated carbocycles. The molecule has 3 N–H and O–H groups in total. The van der Waals surface area contributed by atoms with Crippen LogP contribution >= 0.6 is 0 Å². The lowest BCUT2D eigenvalue weighted by atomic mass is 10.1. The molecular weight excluding hydrogens is 263 g/mol. The Balaban J connectivity index is 2.75. The number of nitrogens with one attached hydrogen (secondary N) is 1. The van der Waals surface area contributed by atoms with Crippen molar-refractivity contribution in [3.63, 3.8) is 0 Å². The molecule has 1 amide bonds. The van der Waals surface area contributed by atoms with Gasteiger partial charge in [0.05, 0.1) is 5.56 Å². The van der Waals surface area contributed by atoms with Gasteiger partial charge in [-0.05, 0) is 45.9 Å². The molecule has 0 spiro atoms. The summed E-state index contributed by atoms with van der Waals surface area (Å²) in [5.41, 5.74) is 4.99. The van der Waals surface area contributed by atoms with Gasteiger partial charge >= 0.3 is 5.97 Å². The van der Waals surface area contributed by atoms with Crippen molar-refractivity contribution in [3.05, 3.63) is 29.6 Å². The number of amides is 1. The number of rotatable bonds is 3. The fourth-order valence-corrected chi connectivity index (χ4v) is 1.45. The first-order valence-electron chi connectivity index (χ1n) is 6.18. The van der Waals surface area contributed by atoms with Crippen LogP contribution in [-0.2, 0) is 9.53 Å². The molecule has 0 radical (unpaired) electrons. The summed E-state index contributed by atoms with van der Waals surface area (Å²) in [4.78, 5) is 23.6. The second-order valence-corrected chi connectivity index (χ2v) is 5.53. The van der Waals surface area contributed by atoms with Crippen molar-refractivity contribution in [2.24, 2.45) is 0 Å². The van der Waals surface area contributed by atoms with Crippen LogP contribution in [0.1, 0.15) is 38.1 Å². The molecule has 1 rings (SSSR count). The third-order valence-corrected chi connectivity index (χ3v) is 2.36. The van der Waals surface area contributed by atoms with Gasteiger partial charge in [-0.2, -0.15) is 0 Å². The molecule has 0 aliphatic rings. The first kappa shape index (κ1) is 15.9. The maximum atomic E-state index is 13.5. The van der Waals surface area contributed by atoms with Crippen LogP contribution in [0.2, 0.25) is 0 Å². The summed E-state index contributed by atoms with van der Waals surface area (Å²) in [6.45, 7) is 6.83. The van der Waals surface area contributed by atoms with E-state index in [0.29, 0.717) is 0 Å². The van der Waals surface area contributed by atoms with Crippen molar-refractivity contribution < 1.29 is 18.7 Å². The van der Waals surface area contributed by atoms with Crippen molar-refractivity contribution in [1.82, 2.24) is 5.32 Å². The van der Waals surface area contributed by atoms with E-state index in [9.17, 15) is 14.0 Å². The van der Waals surface area contributed by atoms with Crippen molar-refractivity contribution in [3.8, 4) is 0 Å². The summed E-state index contributed by atoms with van der Waals surface area (Å²) in [6.07, 6.45) is -1.03. The standard InChI is InChI=1S/C14H19FN2O3/c1-8(12(18)17-14(2,3)4)20-13(19)10-7-9(16)5-6-11(10)15/h5-8H,16H2,1-4H3,(H,17,18). The predicted octanol–water partition coefficient (Wildman–Crippen LogP) is 1.87. The number of nitrogen functional groups attached to an aromatic ring is 1. The third kappa shape index (κ3) is 4.53. The molecule has 0 fully saturated rings.